The molecule has 0 spiro atoms. The second-order valence-corrected chi connectivity index (χ2v) is 5.62. The fourth-order valence-corrected chi connectivity index (χ4v) is 2.44. The summed E-state index contributed by atoms with van der Waals surface area (Å²) in [5.41, 5.74) is 6.18. The molecule has 0 aliphatic heterocycles. The number of ether oxygens (including phenoxy) is 1. The van der Waals surface area contributed by atoms with E-state index in [1.54, 1.807) is 42.5 Å². The molecule has 2 N–H and O–H groups in total. The van der Waals surface area contributed by atoms with Crippen LogP contribution in [0, 0.1) is 0 Å². The average molecular weight is 293 g/mol. The van der Waals surface area contributed by atoms with Crippen LogP contribution in [0.4, 0.5) is 5.69 Å². The number of anilines is 1. The zero-order valence-corrected chi connectivity index (χ0v) is 11.5. The molecule has 6 heteroatoms. The van der Waals surface area contributed by atoms with Gasteiger partial charge in [-0.1, -0.05) is 18.2 Å². The van der Waals surface area contributed by atoms with E-state index in [2.05, 4.69) is 0 Å². The Kier molecular flexibility index (Phi) is 4.60. The Morgan fingerprint density at radius 2 is 1.55 bits per heavy atom. The summed E-state index contributed by atoms with van der Waals surface area (Å²) in [6.45, 7) is 0.0809. The third-order valence-electron chi connectivity index (χ3n) is 2.50. The van der Waals surface area contributed by atoms with Gasteiger partial charge in [0.1, 0.15) is 19.0 Å². The molecular weight excluding hydrogens is 278 g/mol. The van der Waals surface area contributed by atoms with Gasteiger partial charge in [0.05, 0.1) is 4.90 Å². The monoisotopic (exact) mass is 293 g/mol. The number of benzene rings is 2. The standard InChI is InChI=1S/C14H15NO4S/c15-12-6-8-13(9-7-12)18-10-11-19-20(16,17)14-4-2-1-3-5-14/h1-9H,10-11,15H2. The van der Waals surface area contributed by atoms with Crippen LogP contribution in [-0.2, 0) is 14.3 Å². The minimum Gasteiger partial charge on any atom is -0.491 e. The maximum absolute atomic E-state index is 11.8. The first-order valence-corrected chi connectivity index (χ1v) is 7.41. The molecule has 0 fully saturated rings. The fourth-order valence-electron chi connectivity index (χ4n) is 1.52. The van der Waals surface area contributed by atoms with E-state index in [1.165, 1.54) is 12.1 Å². The molecule has 0 aliphatic carbocycles. The third-order valence-corrected chi connectivity index (χ3v) is 3.83. The van der Waals surface area contributed by atoms with Crippen molar-refractivity contribution in [2.75, 3.05) is 18.9 Å². The van der Waals surface area contributed by atoms with Gasteiger partial charge in [-0.25, -0.2) is 0 Å². The van der Waals surface area contributed by atoms with Crippen molar-refractivity contribution in [1.29, 1.82) is 0 Å². The molecule has 0 unspecified atom stereocenters. The molecule has 20 heavy (non-hydrogen) atoms. The van der Waals surface area contributed by atoms with Crippen molar-refractivity contribution in [1.82, 2.24) is 0 Å². The molecule has 0 atom stereocenters. The highest BCUT2D eigenvalue weighted by atomic mass is 32.2. The molecule has 2 rings (SSSR count). The predicted molar refractivity (Wildman–Crippen MR) is 75.9 cm³/mol. The van der Waals surface area contributed by atoms with Gasteiger partial charge in [-0.05, 0) is 36.4 Å². The van der Waals surface area contributed by atoms with Gasteiger partial charge in [0, 0.05) is 5.69 Å². The maximum atomic E-state index is 11.8. The Morgan fingerprint density at radius 3 is 2.20 bits per heavy atom. The number of rotatable bonds is 6. The van der Waals surface area contributed by atoms with Crippen LogP contribution in [0.3, 0.4) is 0 Å². The summed E-state index contributed by atoms with van der Waals surface area (Å²) in [7, 11) is -3.72. The van der Waals surface area contributed by atoms with Gasteiger partial charge < -0.3 is 10.5 Å². The average Bonchev–Trinajstić information content (AvgIpc) is 2.46. The van der Waals surface area contributed by atoms with E-state index in [0.29, 0.717) is 11.4 Å². The van der Waals surface area contributed by atoms with E-state index < -0.39 is 10.1 Å². The minimum absolute atomic E-state index is 0.0540. The lowest BCUT2D eigenvalue weighted by molar-refractivity contribution is 0.221. The van der Waals surface area contributed by atoms with E-state index in [0.717, 1.165) is 0 Å². The van der Waals surface area contributed by atoms with Crippen LogP contribution in [0.1, 0.15) is 0 Å². The Labute approximate surface area is 118 Å². The van der Waals surface area contributed by atoms with E-state index in [1.807, 2.05) is 0 Å². The van der Waals surface area contributed by atoms with Gasteiger partial charge in [0.2, 0.25) is 0 Å². The van der Waals surface area contributed by atoms with Crippen LogP contribution < -0.4 is 10.5 Å². The summed E-state index contributed by atoms with van der Waals surface area (Å²) in [6, 6.07) is 14.8. The lowest BCUT2D eigenvalue weighted by atomic mass is 10.3. The van der Waals surface area contributed by atoms with Gasteiger partial charge in [-0.15, -0.1) is 0 Å². The summed E-state index contributed by atoms with van der Waals surface area (Å²) in [4.78, 5) is 0.132. The molecule has 0 heterocycles. The Morgan fingerprint density at radius 1 is 0.900 bits per heavy atom. The maximum Gasteiger partial charge on any atom is 0.297 e. The zero-order valence-electron chi connectivity index (χ0n) is 10.7. The number of hydrogen-bond acceptors (Lipinski definition) is 5. The highest BCUT2D eigenvalue weighted by Gasteiger charge is 2.13. The molecule has 0 amide bonds. The number of nitrogen functional groups attached to an aromatic ring is 1. The summed E-state index contributed by atoms with van der Waals surface area (Å²) < 4.78 is 33.8. The molecule has 0 aromatic heterocycles. The lowest BCUT2D eigenvalue weighted by Gasteiger charge is -2.07. The molecule has 0 saturated heterocycles. The first kappa shape index (κ1) is 14.4. The highest BCUT2D eigenvalue weighted by Crippen LogP contribution is 2.14. The number of hydrogen-bond donors (Lipinski definition) is 1. The van der Waals surface area contributed by atoms with Gasteiger partial charge >= 0.3 is 0 Å². The normalized spacial score (nSPS) is 11.2. The topological polar surface area (TPSA) is 78.6 Å². The molecule has 5 nitrogen and oxygen atoms in total. The summed E-state index contributed by atoms with van der Waals surface area (Å²) in [6.07, 6.45) is 0. The molecule has 2 aromatic rings. The van der Waals surface area contributed by atoms with Crippen LogP contribution in [0.25, 0.3) is 0 Å². The van der Waals surface area contributed by atoms with E-state index >= 15 is 0 Å². The summed E-state index contributed by atoms with van der Waals surface area (Å²) >= 11 is 0. The SMILES string of the molecule is Nc1ccc(OCCOS(=O)(=O)c2ccccc2)cc1. The van der Waals surface area contributed by atoms with Crippen molar-refractivity contribution in [3.05, 3.63) is 54.6 Å². The smallest absolute Gasteiger partial charge is 0.297 e. The molecule has 0 bridgehead atoms. The van der Waals surface area contributed by atoms with Gasteiger partial charge in [-0.2, -0.15) is 8.42 Å². The van der Waals surface area contributed by atoms with Crippen molar-refractivity contribution >= 4 is 15.8 Å². The first-order chi connectivity index (χ1) is 9.58. The fraction of sp³-hybridized carbons (Fsp3) is 0.143. The van der Waals surface area contributed by atoms with E-state index in [4.69, 9.17) is 14.7 Å². The van der Waals surface area contributed by atoms with Crippen LogP contribution in [0.15, 0.2) is 59.5 Å². The quantitative estimate of drug-likeness (QED) is 0.501. The molecular formula is C14H15NO4S. The van der Waals surface area contributed by atoms with Gasteiger partial charge in [0.25, 0.3) is 10.1 Å². The van der Waals surface area contributed by atoms with Crippen molar-refractivity contribution in [3.8, 4) is 5.75 Å². The zero-order chi connectivity index (χ0) is 14.4. The van der Waals surface area contributed by atoms with Crippen molar-refractivity contribution in [2.45, 2.75) is 4.90 Å². The van der Waals surface area contributed by atoms with E-state index in [-0.39, 0.29) is 18.1 Å². The van der Waals surface area contributed by atoms with Crippen LogP contribution in [-0.4, -0.2) is 21.6 Å². The van der Waals surface area contributed by atoms with Crippen LogP contribution >= 0.6 is 0 Å². The predicted octanol–water partition coefficient (Wildman–Crippen LogP) is 2.05. The number of nitrogens with two attached hydrogens (primary N) is 1. The van der Waals surface area contributed by atoms with Crippen LogP contribution in [0.2, 0.25) is 0 Å². The first-order valence-electron chi connectivity index (χ1n) is 6.01. The van der Waals surface area contributed by atoms with E-state index in [9.17, 15) is 8.42 Å². The Bertz CT molecular complexity index is 639. The van der Waals surface area contributed by atoms with Crippen molar-refractivity contribution in [2.24, 2.45) is 0 Å². The summed E-state index contributed by atoms with van der Waals surface area (Å²) in [5.74, 6) is 0.611. The molecule has 106 valence electrons. The molecule has 0 saturated carbocycles. The van der Waals surface area contributed by atoms with Crippen molar-refractivity contribution in [3.63, 3.8) is 0 Å². The second-order valence-electron chi connectivity index (χ2n) is 4.01. The van der Waals surface area contributed by atoms with Gasteiger partial charge in [0.15, 0.2) is 0 Å². The molecule has 2 aromatic carbocycles. The van der Waals surface area contributed by atoms with Crippen LogP contribution in [0.5, 0.6) is 5.75 Å². The molecule has 0 radical (unpaired) electrons. The Hall–Kier alpha value is -2.05. The third kappa shape index (κ3) is 3.97. The lowest BCUT2D eigenvalue weighted by Crippen LogP contribution is -2.13. The minimum atomic E-state index is -3.72. The second kappa shape index (κ2) is 6.40. The Balaban J connectivity index is 1.83. The highest BCUT2D eigenvalue weighted by molar-refractivity contribution is 7.86. The summed E-state index contributed by atoms with van der Waals surface area (Å²) in [5, 5.41) is 0. The van der Waals surface area contributed by atoms with Gasteiger partial charge in [-0.3, -0.25) is 4.18 Å². The largest absolute Gasteiger partial charge is 0.491 e. The van der Waals surface area contributed by atoms with Crippen molar-refractivity contribution < 1.29 is 17.3 Å². The molecule has 0 aliphatic rings.